The van der Waals surface area contributed by atoms with Gasteiger partial charge in [-0.2, -0.15) is 5.26 Å². The van der Waals surface area contributed by atoms with E-state index >= 15 is 0 Å². The van der Waals surface area contributed by atoms with E-state index in [4.69, 9.17) is 10.4 Å². The summed E-state index contributed by atoms with van der Waals surface area (Å²) in [5.74, 6) is -1.00. The molecular formula is C10H5N3O2S. The fourth-order valence-electron chi connectivity index (χ4n) is 1.13. The van der Waals surface area contributed by atoms with Crippen LogP contribution in [0.15, 0.2) is 24.5 Å². The van der Waals surface area contributed by atoms with Crippen LogP contribution in [0.1, 0.15) is 15.4 Å². The summed E-state index contributed by atoms with van der Waals surface area (Å²) < 4.78 is 0. The Labute approximate surface area is 94.6 Å². The van der Waals surface area contributed by atoms with E-state index in [1.807, 2.05) is 6.07 Å². The minimum absolute atomic E-state index is 0.172. The normalized spacial score (nSPS) is 9.69. The summed E-state index contributed by atoms with van der Waals surface area (Å²) in [5.41, 5.74) is 0.980. The number of aromatic carboxylic acids is 1. The summed E-state index contributed by atoms with van der Waals surface area (Å²) in [5, 5.41) is 18.0. The van der Waals surface area contributed by atoms with Crippen LogP contribution >= 0.6 is 11.3 Å². The van der Waals surface area contributed by atoms with Crippen molar-refractivity contribution in [3.63, 3.8) is 0 Å². The van der Waals surface area contributed by atoms with E-state index in [1.165, 1.54) is 12.4 Å². The monoisotopic (exact) mass is 231 g/mol. The zero-order chi connectivity index (χ0) is 11.5. The molecule has 0 saturated carbocycles. The van der Waals surface area contributed by atoms with Gasteiger partial charge in [0.1, 0.15) is 21.6 Å². The molecule has 0 saturated heterocycles. The summed E-state index contributed by atoms with van der Waals surface area (Å²) in [6, 6.07) is 5.18. The molecule has 0 amide bonds. The minimum atomic E-state index is -1.00. The lowest BCUT2D eigenvalue weighted by Crippen LogP contribution is -1.89. The Morgan fingerprint density at radius 3 is 2.94 bits per heavy atom. The summed E-state index contributed by atoms with van der Waals surface area (Å²) in [7, 11) is 0. The lowest BCUT2D eigenvalue weighted by Gasteiger charge is -1.94. The average molecular weight is 231 g/mol. The topological polar surface area (TPSA) is 86.9 Å². The number of nitrogens with zero attached hydrogens (tertiary/aromatic N) is 3. The SMILES string of the molecule is N#Cc1cc(-c2ncc(C(=O)O)s2)ccn1. The fraction of sp³-hybridized carbons (Fsp3) is 0. The molecule has 0 unspecified atom stereocenters. The number of hydrogen-bond acceptors (Lipinski definition) is 5. The van der Waals surface area contributed by atoms with Crippen LogP contribution in [-0.4, -0.2) is 21.0 Å². The van der Waals surface area contributed by atoms with Gasteiger partial charge in [-0.3, -0.25) is 0 Å². The van der Waals surface area contributed by atoms with Gasteiger partial charge in [0.2, 0.25) is 0 Å². The average Bonchev–Trinajstić information content (AvgIpc) is 2.78. The first kappa shape index (κ1) is 10.3. The fourth-order valence-corrected chi connectivity index (χ4v) is 1.88. The van der Waals surface area contributed by atoms with Crippen LogP contribution in [0.5, 0.6) is 0 Å². The van der Waals surface area contributed by atoms with Crippen molar-refractivity contribution in [2.24, 2.45) is 0 Å². The lowest BCUT2D eigenvalue weighted by atomic mass is 10.2. The van der Waals surface area contributed by atoms with Crippen molar-refractivity contribution >= 4 is 17.3 Å². The number of thiazole rings is 1. The van der Waals surface area contributed by atoms with Crippen molar-refractivity contribution < 1.29 is 9.90 Å². The Hall–Kier alpha value is -2.26. The highest BCUT2D eigenvalue weighted by Gasteiger charge is 2.10. The third-order valence-corrected chi connectivity index (χ3v) is 2.87. The molecule has 0 aliphatic rings. The van der Waals surface area contributed by atoms with E-state index in [0.717, 1.165) is 11.3 Å². The van der Waals surface area contributed by atoms with Crippen molar-refractivity contribution in [3.05, 3.63) is 35.1 Å². The number of rotatable bonds is 2. The lowest BCUT2D eigenvalue weighted by molar-refractivity contribution is 0.0702. The van der Waals surface area contributed by atoms with Crippen molar-refractivity contribution in [2.45, 2.75) is 0 Å². The molecule has 5 nitrogen and oxygen atoms in total. The number of hydrogen-bond donors (Lipinski definition) is 1. The Morgan fingerprint density at radius 1 is 1.50 bits per heavy atom. The molecule has 2 aromatic rings. The molecule has 0 aromatic carbocycles. The van der Waals surface area contributed by atoms with Crippen molar-refractivity contribution in [3.8, 4) is 16.6 Å². The molecule has 2 aromatic heterocycles. The Balaban J connectivity index is 2.43. The standard InChI is InChI=1S/C10H5N3O2S/c11-4-7-3-6(1-2-12-7)9-13-5-8(16-9)10(14)15/h1-3,5H,(H,14,15). The van der Waals surface area contributed by atoms with Crippen molar-refractivity contribution in [2.75, 3.05) is 0 Å². The van der Waals surface area contributed by atoms with Gasteiger partial charge >= 0.3 is 5.97 Å². The molecule has 1 N–H and O–H groups in total. The second kappa shape index (κ2) is 4.08. The predicted molar refractivity (Wildman–Crippen MR) is 57.0 cm³/mol. The van der Waals surface area contributed by atoms with E-state index in [2.05, 4.69) is 9.97 Å². The van der Waals surface area contributed by atoms with Gasteiger partial charge in [-0.15, -0.1) is 11.3 Å². The second-order valence-electron chi connectivity index (χ2n) is 2.88. The van der Waals surface area contributed by atoms with Crippen molar-refractivity contribution in [1.82, 2.24) is 9.97 Å². The molecule has 0 bridgehead atoms. The number of carboxylic acid groups (broad SMARTS) is 1. The van der Waals surface area contributed by atoms with Crippen LogP contribution in [-0.2, 0) is 0 Å². The van der Waals surface area contributed by atoms with Crippen molar-refractivity contribution in [1.29, 1.82) is 5.26 Å². The Bertz CT molecular complexity index is 586. The highest BCUT2D eigenvalue weighted by Crippen LogP contribution is 2.24. The van der Waals surface area contributed by atoms with E-state index in [0.29, 0.717) is 10.6 Å². The first-order valence-electron chi connectivity index (χ1n) is 4.26. The van der Waals surface area contributed by atoms with Gasteiger partial charge < -0.3 is 5.11 Å². The molecular weight excluding hydrogens is 226 g/mol. The quantitative estimate of drug-likeness (QED) is 0.851. The molecule has 0 aliphatic heterocycles. The van der Waals surface area contributed by atoms with Crippen LogP contribution in [0.4, 0.5) is 0 Å². The molecule has 2 heterocycles. The molecule has 0 radical (unpaired) electrons. The largest absolute Gasteiger partial charge is 0.477 e. The maximum absolute atomic E-state index is 10.7. The highest BCUT2D eigenvalue weighted by atomic mass is 32.1. The van der Waals surface area contributed by atoms with Gasteiger partial charge in [-0.25, -0.2) is 14.8 Å². The number of carboxylic acids is 1. The molecule has 0 spiro atoms. The van der Waals surface area contributed by atoms with E-state index in [9.17, 15) is 4.79 Å². The molecule has 16 heavy (non-hydrogen) atoms. The van der Waals surface area contributed by atoms with E-state index < -0.39 is 5.97 Å². The first-order valence-corrected chi connectivity index (χ1v) is 5.08. The van der Waals surface area contributed by atoms with Gasteiger partial charge in [0.15, 0.2) is 0 Å². The van der Waals surface area contributed by atoms with Crippen LogP contribution < -0.4 is 0 Å². The summed E-state index contributed by atoms with van der Waals surface area (Å²) in [4.78, 5) is 18.7. The maximum atomic E-state index is 10.7. The number of carbonyl (C=O) groups is 1. The predicted octanol–water partition coefficient (Wildman–Crippen LogP) is 1.77. The molecule has 2 rings (SSSR count). The van der Waals surface area contributed by atoms with Gasteiger partial charge in [0.25, 0.3) is 0 Å². The number of pyridine rings is 1. The number of aromatic nitrogens is 2. The van der Waals surface area contributed by atoms with E-state index in [-0.39, 0.29) is 10.6 Å². The minimum Gasteiger partial charge on any atom is -0.477 e. The van der Waals surface area contributed by atoms with Crippen LogP contribution in [0.3, 0.4) is 0 Å². The van der Waals surface area contributed by atoms with Gasteiger partial charge in [0.05, 0.1) is 6.20 Å². The Morgan fingerprint density at radius 2 is 2.31 bits per heavy atom. The summed E-state index contributed by atoms with van der Waals surface area (Å²) in [6.07, 6.45) is 2.80. The van der Waals surface area contributed by atoms with E-state index in [1.54, 1.807) is 12.1 Å². The second-order valence-corrected chi connectivity index (χ2v) is 3.91. The molecule has 0 aliphatic carbocycles. The van der Waals surface area contributed by atoms with Gasteiger partial charge in [0, 0.05) is 11.8 Å². The third kappa shape index (κ3) is 1.89. The summed E-state index contributed by atoms with van der Waals surface area (Å²) in [6.45, 7) is 0. The van der Waals surface area contributed by atoms with Crippen LogP contribution in [0.2, 0.25) is 0 Å². The maximum Gasteiger partial charge on any atom is 0.347 e. The third-order valence-electron chi connectivity index (χ3n) is 1.84. The van der Waals surface area contributed by atoms with Crippen LogP contribution in [0, 0.1) is 11.3 Å². The van der Waals surface area contributed by atoms with Gasteiger partial charge in [-0.05, 0) is 12.1 Å². The smallest absolute Gasteiger partial charge is 0.347 e. The molecule has 6 heteroatoms. The van der Waals surface area contributed by atoms with Gasteiger partial charge in [-0.1, -0.05) is 0 Å². The Kier molecular flexibility index (Phi) is 2.62. The first-order chi connectivity index (χ1) is 7.70. The highest BCUT2D eigenvalue weighted by molar-refractivity contribution is 7.16. The molecule has 0 atom stereocenters. The molecule has 78 valence electrons. The summed E-state index contributed by atoms with van der Waals surface area (Å²) >= 11 is 1.07. The molecule has 0 fully saturated rings. The van der Waals surface area contributed by atoms with Crippen LogP contribution in [0.25, 0.3) is 10.6 Å². The number of nitriles is 1. The zero-order valence-electron chi connectivity index (χ0n) is 7.91. The zero-order valence-corrected chi connectivity index (χ0v) is 8.73.